The molecule has 25 heavy (non-hydrogen) atoms. The number of carbonyl (C=O) groups is 1. The quantitative estimate of drug-likeness (QED) is 0.860. The Labute approximate surface area is 146 Å². The molecule has 0 N–H and O–H groups in total. The van der Waals surface area contributed by atoms with Gasteiger partial charge < -0.3 is 14.4 Å². The van der Waals surface area contributed by atoms with E-state index in [1.807, 2.05) is 35.2 Å². The molecule has 2 aliphatic heterocycles. The number of hydrogen-bond donors (Lipinski definition) is 0. The molecule has 1 saturated heterocycles. The van der Waals surface area contributed by atoms with Crippen LogP contribution in [0.5, 0.6) is 11.8 Å². The molecule has 3 heterocycles. The van der Waals surface area contributed by atoms with Gasteiger partial charge in [-0.15, -0.1) is 0 Å². The van der Waals surface area contributed by atoms with Crippen LogP contribution in [0.15, 0.2) is 48.3 Å². The van der Waals surface area contributed by atoms with Gasteiger partial charge in [-0.1, -0.05) is 18.2 Å². The molecule has 0 saturated carbocycles. The summed E-state index contributed by atoms with van der Waals surface area (Å²) in [5, 5.41) is 0. The molecule has 128 valence electrons. The minimum absolute atomic E-state index is 0.0109. The lowest BCUT2D eigenvalue weighted by molar-refractivity contribution is -0.130. The Morgan fingerprint density at radius 3 is 2.92 bits per heavy atom. The van der Waals surface area contributed by atoms with Gasteiger partial charge in [-0.3, -0.25) is 4.79 Å². The minimum atomic E-state index is -0.0857. The summed E-state index contributed by atoms with van der Waals surface area (Å²) in [4.78, 5) is 22.9. The van der Waals surface area contributed by atoms with Gasteiger partial charge in [-0.2, -0.15) is 0 Å². The smallest absolute Gasteiger partial charge is 0.316 e. The van der Waals surface area contributed by atoms with Crippen LogP contribution in [0, 0.1) is 0 Å². The topological polar surface area (TPSA) is 64.5 Å². The maximum absolute atomic E-state index is 12.9. The average Bonchev–Trinajstić information content (AvgIpc) is 2.68. The highest BCUT2D eigenvalue weighted by Gasteiger charge is 2.28. The number of carbonyl (C=O) groups excluding carboxylic acids is 1. The van der Waals surface area contributed by atoms with E-state index in [9.17, 15) is 4.79 Å². The maximum atomic E-state index is 12.9. The Bertz CT molecular complexity index is 792. The van der Waals surface area contributed by atoms with Crippen molar-refractivity contribution in [3.8, 4) is 11.8 Å². The van der Waals surface area contributed by atoms with Crippen molar-refractivity contribution < 1.29 is 14.3 Å². The van der Waals surface area contributed by atoms with Gasteiger partial charge in [0.25, 0.3) is 5.91 Å². The van der Waals surface area contributed by atoms with Gasteiger partial charge in [0.2, 0.25) is 0 Å². The van der Waals surface area contributed by atoms with E-state index >= 15 is 0 Å². The number of likely N-dealkylation sites (tertiary alicyclic amines) is 1. The third-order valence-electron chi connectivity index (χ3n) is 4.39. The fourth-order valence-electron chi connectivity index (χ4n) is 3.16. The Morgan fingerprint density at radius 2 is 2.04 bits per heavy atom. The lowest BCUT2D eigenvalue weighted by Crippen LogP contribution is -2.45. The van der Waals surface area contributed by atoms with Crippen LogP contribution < -0.4 is 9.47 Å². The van der Waals surface area contributed by atoms with Crippen LogP contribution in [0.2, 0.25) is 0 Å². The molecule has 2 aromatic rings. The summed E-state index contributed by atoms with van der Waals surface area (Å²) >= 11 is 0. The van der Waals surface area contributed by atoms with Gasteiger partial charge in [0, 0.05) is 24.5 Å². The van der Waals surface area contributed by atoms with E-state index < -0.39 is 0 Å². The number of nitrogens with zero attached hydrogens (tertiary/aromatic N) is 3. The number of piperidine rings is 1. The molecule has 2 aliphatic rings. The standard InChI is InChI=1S/C19H19N3O3/c23-18(15-11-14-5-1-2-7-17(14)24-13-15)22-10-3-6-16(12-22)25-19-20-8-4-9-21-19/h1-2,4-5,7-9,11,16H,3,6,10,12-13H2. The molecule has 0 aliphatic carbocycles. The van der Waals surface area contributed by atoms with Gasteiger partial charge in [0.05, 0.1) is 12.1 Å². The highest BCUT2D eigenvalue weighted by molar-refractivity contribution is 5.99. The molecular formula is C19H19N3O3. The third kappa shape index (κ3) is 3.47. The van der Waals surface area contributed by atoms with Crippen LogP contribution in [0.4, 0.5) is 0 Å². The van der Waals surface area contributed by atoms with Crippen molar-refractivity contribution in [2.75, 3.05) is 19.7 Å². The van der Waals surface area contributed by atoms with Crippen molar-refractivity contribution in [2.24, 2.45) is 0 Å². The van der Waals surface area contributed by atoms with E-state index in [4.69, 9.17) is 9.47 Å². The molecule has 6 heteroatoms. The van der Waals surface area contributed by atoms with E-state index in [-0.39, 0.29) is 12.0 Å². The Balaban J connectivity index is 1.45. The zero-order valence-electron chi connectivity index (χ0n) is 13.8. The fraction of sp³-hybridized carbons (Fsp3) is 0.316. The Hall–Kier alpha value is -2.89. The van der Waals surface area contributed by atoms with Crippen molar-refractivity contribution in [2.45, 2.75) is 18.9 Å². The summed E-state index contributed by atoms with van der Waals surface area (Å²) in [6, 6.07) is 9.84. The lowest BCUT2D eigenvalue weighted by atomic mass is 10.0. The molecule has 6 nitrogen and oxygen atoms in total. The molecule has 1 atom stereocenters. The van der Waals surface area contributed by atoms with Crippen molar-refractivity contribution in [1.29, 1.82) is 0 Å². The van der Waals surface area contributed by atoms with Crippen LogP contribution >= 0.6 is 0 Å². The van der Waals surface area contributed by atoms with Gasteiger partial charge in [-0.25, -0.2) is 9.97 Å². The second kappa shape index (κ2) is 6.93. The average molecular weight is 337 g/mol. The van der Waals surface area contributed by atoms with Crippen molar-refractivity contribution in [3.63, 3.8) is 0 Å². The molecular weight excluding hydrogens is 318 g/mol. The molecule has 1 aromatic carbocycles. The van der Waals surface area contributed by atoms with Crippen LogP contribution in [0.1, 0.15) is 18.4 Å². The van der Waals surface area contributed by atoms with Crippen LogP contribution in [0.3, 0.4) is 0 Å². The zero-order valence-corrected chi connectivity index (χ0v) is 13.8. The second-order valence-electron chi connectivity index (χ2n) is 6.16. The van der Waals surface area contributed by atoms with Crippen LogP contribution in [-0.4, -0.2) is 46.6 Å². The summed E-state index contributed by atoms with van der Waals surface area (Å²) in [6.45, 7) is 1.57. The van der Waals surface area contributed by atoms with E-state index in [1.54, 1.807) is 18.5 Å². The van der Waals surface area contributed by atoms with Crippen molar-refractivity contribution >= 4 is 12.0 Å². The predicted octanol–water partition coefficient (Wildman–Crippen LogP) is 2.32. The zero-order chi connectivity index (χ0) is 17.1. The molecule has 1 unspecified atom stereocenters. The predicted molar refractivity (Wildman–Crippen MR) is 92.2 cm³/mol. The molecule has 1 aromatic heterocycles. The number of hydrogen-bond acceptors (Lipinski definition) is 5. The number of ether oxygens (including phenoxy) is 2. The molecule has 1 fully saturated rings. The summed E-state index contributed by atoms with van der Waals surface area (Å²) in [5.41, 5.74) is 1.62. The largest absolute Gasteiger partial charge is 0.488 e. The molecule has 4 rings (SSSR count). The number of para-hydroxylation sites is 1. The summed E-state index contributed by atoms with van der Waals surface area (Å²) in [6.07, 6.45) is 6.92. The maximum Gasteiger partial charge on any atom is 0.316 e. The first-order valence-electron chi connectivity index (χ1n) is 8.45. The number of aromatic nitrogens is 2. The Morgan fingerprint density at radius 1 is 1.20 bits per heavy atom. The normalized spacial score (nSPS) is 19.4. The minimum Gasteiger partial charge on any atom is -0.488 e. The fourth-order valence-corrected chi connectivity index (χ4v) is 3.16. The summed E-state index contributed by atoms with van der Waals surface area (Å²) < 4.78 is 11.5. The van der Waals surface area contributed by atoms with Crippen molar-refractivity contribution in [3.05, 3.63) is 53.9 Å². The number of amides is 1. The monoisotopic (exact) mass is 337 g/mol. The Kier molecular flexibility index (Phi) is 4.33. The highest BCUT2D eigenvalue weighted by atomic mass is 16.5. The van der Waals surface area contributed by atoms with Crippen molar-refractivity contribution in [1.82, 2.24) is 14.9 Å². The first-order chi connectivity index (χ1) is 12.3. The van der Waals surface area contributed by atoms with E-state index in [2.05, 4.69) is 9.97 Å². The van der Waals surface area contributed by atoms with E-state index in [0.717, 1.165) is 30.7 Å². The van der Waals surface area contributed by atoms with Gasteiger partial charge >= 0.3 is 6.01 Å². The van der Waals surface area contributed by atoms with Gasteiger partial charge in [0.15, 0.2) is 0 Å². The van der Waals surface area contributed by atoms with Gasteiger partial charge in [0.1, 0.15) is 18.5 Å². The third-order valence-corrected chi connectivity index (χ3v) is 4.39. The van der Waals surface area contributed by atoms with Crippen LogP contribution in [-0.2, 0) is 4.79 Å². The highest BCUT2D eigenvalue weighted by Crippen LogP contribution is 2.27. The number of fused-ring (bicyclic) bond motifs is 1. The summed E-state index contributed by atoms with van der Waals surface area (Å²) in [5.74, 6) is 0.830. The first-order valence-corrected chi connectivity index (χ1v) is 8.45. The molecule has 0 bridgehead atoms. The molecule has 0 radical (unpaired) electrons. The number of benzene rings is 1. The number of rotatable bonds is 3. The molecule has 0 spiro atoms. The van der Waals surface area contributed by atoms with Gasteiger partial charge in [-0.05, 0) is 31.1 Å². The van der Waals surface area contributed by atoms with Crippen LogP contribution in [0.25, 0.3) is 6.08 Å². The van der Waals surface area contributed by atoms with E-state index in [1.165, 1.54) is 0 Å². The lowest BCUT2D eigenvalue weighted by Gasteiger charge is -2.33. The summed E-state index contributed by atoms with van der Waals surface area (Å²) in [7, 11) is 0. The molecule has 1 amide bonds. The SMILES string of the molecule is O=C(C1=Cc2ccccc2OC1)N1CCCC(Oc2ncccn2)C1. The van der Waals surface area contributed by atoms with E-state index in [0.29, 0.717) is 24.7 Å². The first kappa shape index (κ1) is 15.6. The second-order valence-corrected chi connectivity index (χ2v) is 6.16.